The Kier molecular flexibility index (Phi) is 5.25. The van der Waals surface area contributed by atoms with Crippen LogP contribution < -0.4 is 0 Å². The molecule has 0 fully saturated rings. The molecule has 0 aliphatic carbocycles. The summed E-state index contributed by atoms with van der Waals surface area (Å²) in [4.78, 5) is 16.7. The second-order valence-corrected chi connectivity index (χ2v) is 4.14. The summed E-state index contributed by atoms with van der Waals surface area (Å²) < 4.78 is 19.6. The third-order valence-corrected chi connectivity index (χ3v) is 1.63. The first-order chi connectivity index (χ1) is 5.81. The number of phosphoric ester groups is 1. The van der Waals surface area contributed by atoms with Gasteiger partial charge in [0.15, 0.2) is 0 Å². The molecule has 6 heteroatoms. The van der Waals surface area contributed by atoms with Crippen molar-refractivity contribution in [3.05, 3.63) is 12.3 Å². The molecule has 5 nitrogen and oxygen atoms in total. The first kappa shape index (κ1) is 12.7. The van der Waals surface area contributed by atoms with E-state index in [1.165, 1.54) is 0 Å². The molecule has 0 rings (SSSR count). The van der Waals surface area contributed by atoms with Gasteiger partial charge in [-0.05, 0) is 6.92 Å². The van der Waals surface area contributed by atoms with Gasteiger partial charge >= 0.3 is 7.82 Å². The number of phosphoric acid groups is 1. The van der Waals surface area contributed by atoms with Gasteiger partial charge in [-0.25, -0.2) is 4.57 Å². The standard InChI is InChI=1S/C7H15O5P/c1-6(2)11-4-7(3)5-12-13(8,9)10/h7H,1,4-5H2,2-3H3,(H2,8,9,10). The summed E-state index contributed by atoms with van der Waals surface area (Å²) in [5.41, 5.74) is 0. The van der Waals surface area contributed by atoms with Crippen LogP contribution in [-0.4, -0.2) is 23.0 Å². The predicted octanol–water partition coefficient (Wildman–Crippen LogP) is 1.28. The Morgan fingerprint density at radius 3 is 2.46 bits per heavy atom. The Morgan fingerprint density at radius 1 is 1.54 bits per heavy atom. The van der Waals surface area contributed by atoms with E-state index in [0.717, 1.165) is 0 Å². The molecule has 0 aromatic carbocycles. The molecule has 0 spiro atoms. The Labute approximate surface area is 77.6 Å². The third kappa shape index (κ3) is 9.56. The summed E-state index contributed by atoms with van der Waals surface area (Å²) in [5.74, 6) is 0.493. The minimum Gasteiger partial charge on any atom is -0.498 e. The van der Waals surface area contributed by atoms with Crippen molar-refractivity contribution >= 4 is 7.82 Å². The summed E-state index contributed by atoms with van der Waals surface area (Å²) in [5, 5.41) is 0. The van der Waals surface area contributed by atoms with E-state index in [1.807, 2.05) is 0 Å². The van der Waals surface area contributed by atoms with Crippen LogP contribution in [0.1, 0.15) is 13.8 Å². The normalized spacial score (nSPS) is 13.8. The SMILES string of the molecule is C=C(C)OCC(C)COP(=O)(O)O. The fourth-order valence-corrected chi connectivity index (χ4v) is 1.01. The Hall–Kier alpha value is -0.350. The van der Waals surface area contributed by atoms with Crippen molar-refractivity contribution in [2.75, 3.05) is 13.2 Å². The van der Waals surface area contributed by atoms with Crippen molar-refractivity contribution in [3.63, 3.8) is 0 Å². The molecule has 1 unspecified atom stereocenters. The lowest BCUT2D eigenvalue weighted by Crippen LogP contribution is -2.11. The van der Waals surface area contributed by atoms with E-state index in [4.69, 9.17) is 14.5 Å². The van der Waals surface area contributed by atoms with E-state index < -0.39 is 7.82 Å². The molecule has 0 aliphatic heterocycles. The lowest BCUT2D eigenvalue weighted by atomic mass is 10.2. The fourth-order valence-electron chi connectivity index (χ4n) is 0.557. The van der Waals surface area contributed by atoms with Crippen LogP contribution >= 0.6 is 7.82 Å². The van der Waals surface area contributed by atoms with Gasteiger partial charge < -0.3 is 14.5 Å². The van der Waals surface area contributed by atoms with E-state index >= 15 is 0 Å². The number of ether oxygens (including phenoxy) is 1. The van der Waals surface area contributed by atoms with Gasteiger partial charge in [-0.3, -0.25) is 4.52 Å². The molecule has 0 saturated heterocycles. The van der Waals surface area contributed by atoms with E-state index in [0.29, 0.717) is 12.4 Å². The van der Waals surface area contributed by atoms with Crippen LogP contribution in [0, 0.1) is 5.92 Å². The Morgan fingerprint density at radius 2 is 2.08 bits per heavy atom. The lowest BCUT2D eigenvalue weighted by molar-refractivity contribution is 0.117. The number of hydrogen-bond acceptors (Lipinski definition) is 3. The maximum Gasteiger partial charge on any atom is 0.469 e. The quantitative estimate of drug-likeness (QED) is 0.510. The lowest BCUT2D eigenvalue weighted by Gasteiger charge is -2.13. The van der Waals surface area contributed by atoms with Crippen molar-refractivity contribution in [1.82, 2.24) is 0 Å². The zero-order chi connectivity index (χ0) is 10.5. The van der Waals surface area contributed by atoms with Gasteiger partial charge in [-0.2, -0.15) is 0 Å². The highest BCUT2D eigenvalue weighted by Crippen LogP contribution is 2.36. The molecule has 0 heterocycles. The van der Waals surface area contributed by atoms with Gasteiger partial charge in [-0.15, -0.1) is 0 Å². The molecule has 1 atom stereocenters. The summed E-state index contributed by atoms with van der Waals surface area (Å²) in [6, 6.07) is 0. The second kappa shape index (κ2) is 5.40. The molecule has 78 valence electrons. The topological polar surface area (TPSA) is 76.0 Å². The highest BCUT2D eigenvalue weighted by Gasteiger charge is 2.15. The summed E-state index contributed by atoms with van der Waals surface area (Å²) >= 11 is 0. The molecule has 0 aromatic heterocycles. The Balaban J connectivity index is 3.58. The van der Waals surface area contributed by atoms with Gasteiger partial charge in [0.1, 0.15) is 0 Å². The zero-order valence-electron chi connectivity index (χ0n) is 7.77. The van der Waals surface area contributed by atoms with E-state index in [9.17, 15) is 4.57 Å². The predicted molar refractivity (Wildman–Crippen MR) is 47.9 cm³/mol. The molecule has 0 amide bonds. The van der Waals surface area contributed by atoms with Gasteiger partial charge in [0.2, 0.25) is 0 Å². The van der Waals surface area contributed by atoms with Crippen LogP contribution in [0.4, 0.5) is 0 Å². The van der Waals surface area contributed by atoms with Crippen LogP contribution in [-0.2, 0) is 13.8 Å². The van der Waals surface area contributed by atoms with Gasteiger partial charge in [0, 0.05) is 5.92 Å². The zero-order valence-corrected chi connectivity index (χ0v) is 8.66. The first-order valence-corrected chi connectivity index (χ1v) is 5.32. The fraction of sp³-hybridized carbons (Fsp3) is 0.714. The van der Waals surface area contributed by atoms with Crippen molar-refractivity contribution < 1.29 is 23.6 Å². The van der Waals surface area contributed by atoms with Crippen LogP contribution in [0.3, 0.4) is 0 Å². The highest BCUT2D eigenvalue weighted by atomic mass is 31.2. The molecular weight excluding hydrogens is 195 g/mol. The maximum atomic E-state index is 10.3. The van der Waals surface area contributed by atoms with E-state index in [1.54, 1.807) is 13.8 Å². The van der Waals surface area contributed by atoms with Crippen LogP contribution in [0.15, 0.2) is 12.3 Å². The monoisotopic (exact) mass is 210 g/mol. The summed E-state index contributed by atoms with van der Waals surface area (Å²) in [7, 11) is -4.34. The smallest absolute Gasteiger partial charge is 0.469 e. The van der Waals surface area contributed by atoms with Crippen LogP contribution in [0.2, 0.25) is 0 Å². The second-order valence-electron chi connectivity index (χ2n) is 2.90. The van der Waals surface area contributed by atoms with Crippen molar-refractivity contribution in [2.45, 2.75) is 13.8 Å². The van der Waals surface area contributed by atoms with Gasteiger partial charge in [0.05, 0.1) is 19.0 Å². The van der Waals surface area contributed by atoms with E-state index in [2.05, 4.69) is 11.1 Å². The summed E-state index contributed by atoms with van der Waals surface area (Å²) in [6.45, 7) is 7.30. The molecule has 0 saturated carbocycles. The molecule has 0 bridgehead atoms. The number of hydrogen-bond donors (Lipinski definition) is 2. The maximum absolute atomic E-state index is 10.3. The summed E-state index contributed by atoms with van der Waals surface area (Å²) in [6.07, 6.45) is 0. The van der Waals surface area contributed by atoms with Gasteiger partial charge in [0.25, 0.3) is 0 Å². The minimum absolute atomic E-state index is 0.0302. The molecule has 0 aliphatic rings. The van der Waals surface area contributed by atoms with Crippen molar-refractivity contribution in [2.24, 2.45) is 5.92 Å². The van der Waals surface area contributed by atoms with E-state index in [-0.39, 0.29) is 12.5 Å². The van der Waals surface area contributed by atoms with Crippen LogP contribution in [0.5, 0.6) is 0 Å². The molecule has 13 heavy (non-hydrogen) atoms. The molecule has 0 aromatic rings. The average Bonchev–Trinajstić information content (AvgIpc) is 1.95. The van der Waals surface area contributed by atoms with Crippen molar-refractivity contribution in [1.29, 1.82) is 0 Å². The minimum atomic E-state index is -4.34. The average molecular weight is 210 g/mol. The highest BCUT2D eigenvalue weighted by molar-refractivity contribution is 7.46. The largest absolute Gasteiger partial charge is 0.498 e. The number of allylic oxidation sites excluding steroid dienone is 1. The third-order valence-electron chi connectivity index (χ3n) is 1.14. The molecule has 2 N–H and O–H groups in total. The Bertz CT molecular complexity index is 209. The van der Waals surface area contributed by atoms with Crippen molar-refractivity contribution in [3.8, 4) is 0 Å². The number of rotatable bonds is 6. The van der Waals surface area contributed by atoms with Crippen LogP contribution in [0.25, 0.3) is 0 Å². The molecular formula is C7H15O5P. The molecule has 0 radical (unpaired) electrons. The first-order valence-electron chi connectivity index (χ1n) is 3.79. The van der Waals surface area contributed by atoms with Gasteiger partial charge in [-0.1, -0.05) is 13.5 Å².